The Morgan fingerprint density at radius 1 is 1.19 bits per heavy atom. The average molecular weight is 356 g/mol. The highest BCUT2D eigenvalue weighted by Crippen LogP contribution is 2.16. The van der Waals surface area contributed by atoms with Crippen molar-refractivity contribution >= 4 is 33.6 Å². The molecule has 0 aliphatic carbocycles. The molecule has 1 N–H and O–H groups in total. The molecule has 0 radical (unpaired) electrons. The minimum absolute atomic E-state index is 0.00484. The van der Waals surface area contributed by atoms with Crippen molar-refractivity contribution in [3.63, 3.8) is 0 Å². The molecule has 0 aliphatic heterocycles. The van der Waals surface area contributed by atoms with E-state index in [-0.39, 0.29) is 37.2 Å². The number of ketones is 1. The van der Waals surface area contributed by atoms with Crippen LogP contribution in [0.5, 0.6) is 0 Å². The summed E-state index contributed by atoms with van der Waals surface area (Å²) in [5.74, 6) is -1.00. The fourth-order valence-electron chi connectivity index (χ4n) is 1.61. The molecule has 0 bridgehead atoms. The number of carbonyl (C=O) groups excluding carboxylic acids is 3. The maximum Gasteiger partial charge on any atom is 0.306 e. The third-order valence-corrected chi connectivity index (χ3v) is 3.32. The highest BCUT2D eigenvalue weighted by Gasteiger charge is 2.12. The Hall–Kier alpha value is -1.69. The van der Waals surface area contributed by atoms with Gasteiger partial charge >= 0.3 is 5.97 Å². The summed E-state index contributed by atoms with van der Waals surface area (Å²) >= 11 is 3.34. The van der Waals surface area contributed by atoms with E-state index in [2.05, 4.69) is 21.2 Å². The standard InChI is InChI=1S/C15H18BrNO4/c1-10(18)3-8-15(20)21-9-14(19)17-11(2)12-4-6-13(16)7-5-12/h4-7,11H,3,8-9H2,1-2H3,(H,17,19)/t11-/m1/s1. The fraction of sp³-hybridized carbons (Fsp3) is 0.400. The Morgan fingerprint density at radius 3 is 2.38 bits per heavy atom. The number of benzene rings is 1. The zero-order valence-electron chi connectivity index (χ0n) is 12.0. The van der Waals surface area contributed by atoms with E-state index < -0.39 is 5.97 Å². The number of rotatable bonds is 7. The number of carbonyl (C=O) groups is 3. The maximum absolute atomic E-state index is 11.7. The number of amides is 1. The first kappa shape index (κ1) is 17.4. The van der Waals surface area contributed by atoms with Crippen molar-refractivity contribution in [2.75, 3.05) is 6.61 Å². The number of hydrogen-bond donors (Lipinski definition) is 1. The van der Waals surface area contributed by atoms with Crippen LogP contribution in [-0.2, 0) is 19.1 Å². The highest BCUT2D eigenvalue weighted by molar-refractivity contribution is 9.10. The predicted molar refractivity (Wildman–Crippen MR) is 81.6 cm³/mol. The molecule has 21 heavy (non-hydrogen) atoms. The number of Topliss-reactive ketones (excluding diaryl/α,β-unsaturated/α-hetero) is 1. The molecule has 1 aromatic carbocycles. The number of esters is 1. The molecule has 1 atom stereocenters. The molecule has 1 amide bonds. The van der Waals surface area contributed by atoms with E-state index in [1.165, 1.54) is 6.92 Å². The minimum atomic E-state index is -0.545. The first-order chi connectivity index (χ1) is 9.88. The molecule has 6 heteroatoms. The summed E-state index contributed by atoms with van der Waals surface area (Å²) in [7, 11) is 0. The summed E-state index contributed by atoms with van der Waals surface area (Å²) in [4.78, 5) is 33.7. The maximum atomic E-state index is 11.7. The first-order valence-corrected chi connectivity index (χ1v) is 7.37. The number of halogens is 1. The van der Waals surface area contributed by atoms with Crippen molar-refractivity contribution in [2.24, 2.45) is 0 Å². The Morgan fingerprint density at radius 2 is 1.81 bits per heavy atom. The number of ether oxygens (including phenoxy) is 1. The second-order valence-electron chi connectivity index (χ2n) is 4.70. The molecule has 0 saturated heterocycles. The molecule has 0 saturated carbocycles. The molecule has 1 aromatic rings. The Kier molecular flexibility index (Phi) is 7.08. The summed E-state index contributed by atoms with van der Waals surface area (Å²) in [6.07, 6.45) is 0.140. The van der Waals surface area contributed by atoms with Crippen molar-refractivity contribution in [2.45, 2.75) is 32.7 Å². The van der Waals surface area contributed by atoms with Crippen LogP contribution in [0.25, 0.3) is 0 Å². The third-order valence-electron chi connectivity index (χ3n) is 2.79. The summed E-state index contributed by atoms with van der Waals surface area (Å²) in [6, 6.07) is 7.39. The molecule has 114 valence electrons. The normalized spacial score (nSPS) is 11.6. The van der Waals surface area contributed by atoms with Gasteiger partial charge in [-0.25, -0.2) is 0 Å². The van der Waals surface area contributed by atoms with Crippen LogP contribution in [0.2, 0.25) is 0 Å². The van der Waals surface area contributed by atoms with Gasteiger partial charge < -0.3 is 14.8 Å². The van der Waals surface area contributed by atoms with Gasteiger partial charge in [-0.1, -0.05) is 28.1 Å². The largest absolute Gasteiger partial charge is 0.456 e. The minimum Gasteiger partial charge on any atom is -0.456 e. The van der Waals surface area contributed by atoms with E-state index in [4.69, 9.17) is 4.74 Å². The zero-order valence-corrected chi connectivity index (χ0v) is 13.6. The highest BCUT2D eigenvalue weighted by atomic mass is 79.9. The second-order valence-corrected chi connectivity index (χ2v) is 5.62. The van der Waals surface area contributed by atoms with Crippen LogP contribution < -0.4 is 5.32 Å². The van der Waals surface area contributed by atoms with Crippen molar-refractivity contribution in [3.8, 4) is 0 Å². The lowest BCUT2D eigenvalue weighted by Gasteiger charge is -2.14. The van der Waals surface area contributed by atoms with E-state index >= 15 is 0 Å². The summed E-state index contributed by atoms with van der Waals surface area (Å²) in [5.41, 5.74) is 0.953. The van der Waals surface area contributed by atoms with Gasteiger partial charge in [0.25, 0.3) is 5.91 Å². The van der Waals surface area contributed by atoms with E-state index in [0.717, 1.165) is 10.0 Å². The quantitative estimate of drug-likeness (QED) is 0.762. The van der Waals surface area contributed by atoms with Crippen LogP contribution >= 0.6 is 15.9 Å². The summed E-state index contributed by atoms with van der Waals surface area (Å²) in [6.45, 7) is 2.91. The van der Waals surface area contributed by atoms with Crippen LogP contribution in [0.4, 0.5) is 0 Å². The Labute approximate surface area is 132 Å². The van der Waals surface area contributed by atoms with Crippen LogP contribution in [-0.4, -0.2) is 24.3 Å². The smallest absolute Gasteiger partial charge is 0.306 e. The third kappa shape index (κ3) is 7.04. The van der Waals surface area contributed by atoms with Crippen molar-refractivity contribution in [1.29, 1.82) is 0 Å². The summed E-state index contributed by atoms with van der Waals surface area (Å²) in [5, 5.41) is 2.74. The number of nitrogens with one attached hydrogen (secondary N) is 1. The fourth-order valence-corrected chi connectivity index (χ4v) is 1.88. The molecule has 0 unspecified atom stereocenters. The molecule has 5 nitrogen and oxygen atoms in total. The monoisotopic (exact) mass is 355 g/mol. The van der Waals surface area contributed by atoms with Crippen LogP contribution in [0, 0.1) is 0 Å². The van der Waals surface area contributed by atoms with Crippen LogP contribution in [0.15, 0.2) is 28.7 Å². The SMILES string of the molecule is CC(=O)CCC(=O)OCC(=O)N[C@H](C)c1ccc(Br)cc1. The zero-order chi connectivity index (χ0) is 15.8. The molecule has 0 fully saturated rings. The van der Waals surface area contributed by atoms with E-state index in [9.17, 15) is 14.4 Å². The molecular formula is C15H18BrNO4. The topological polar surface area (TPSA) is 72.5 Å². The van der Waals surface area contributed by atoms with Gasteiger partial charge in [0.2, 0.25) is 0 Å². The van der Waals surface area contributed by atoms with Crippen LogP contribution in [0.1, 0.15) is 38.3 Å². The Bertz CT molecular complexity index is 513. The average Bonchev–Trinajstić information content (AvgIpc) is 2.43. The van der Waals surface area contributed by atoms with Gasteiger partial charge in [-0.2, -0.15) is 0 Å². The summed E-state index contributed by atoms with van der Waals surface area (Å²) < 4.78 is 5.76. The van der Waals surface area contributed by atoms with E-state index in [0.29, 0.717) is 0 Å². The molecule has 1 rings (SSSR count). The van der Waals surface area contributed by atoms with Gasteiger partial charge in [-0.05, 0) is 31.5 Å². The van der Waals surface area contributed by atoms with E-state index in [1.807, 2.05) is 31.2 Å². The molecule has 0 heterocycles. The van der Waals surface area contributed by atoms with Gasteiger partial charge in [0.15, 0.2) is 6.61 Å². The van der Waals surface area contributed by atoms with Crippen molar-refractivity contribution in [1.82, 2.24) is 5.32 Å². The first-order valence-electron chi connectivity index (χ1n) is 6.58. The van der Waals surface area contributed by atoms with Gasteiger partial charge in [-0.3, -0.25) is 9.59 Å². The molecular weight excluding hydrogens is 338 g/mol. The van der Waals surface area contributed by atoms with Crippen LogP contribution in [0.3, 0.4) is 0 Å². The second kappa shape index (κ2) is 8.56. The van der Waals surface area contributed by atoms with Crippen molar-refractivity contribution in [3.05, 3.63) is 34.3 Å². The van der Waals surface area contributed by atoms with Crippen molar-refractivity contribution < 1.29 is 19.1 Å². The van der Waals surface area contributed by atoms with Gasteiger partial charge in [0.1, 0.15) is 5.78 Å². The predicted octanol–water partition coefficient (Wildman–Crippen LogP) is 2.54. The van der Waals surface area contributed by atoms with Gasteiger partial charge in [0.05, 0.1) is 12.5 Å². The lowest BCUT2D eigenvalue weighted by molar-refractivity contribution is -0.149. The lowest BCUT2D eigenvalue weighted by Crippen LogP contribution is -2.31. The van der Waals surface area contributed by atoms with E-state index in [1.54, 1.807) is 0 Å². The Balaban J connectivity index is 2.34. The number of hydrogen-bond acceptors (Lipinski definition) is 4. The molecule has 0 aliphatic rings. The molecule has 0 spiro atoms. The molecule has 0 aromatic heterocycles. The van der Waals surface area contributed by atoms with Gasteiger partial charge in [-0.15, -0.1) is 0 Å². The lowest BCUT2D eigenvalue weighted by atomic mass is 10.1. The van der Waals surface area contributed by atoms with Gasteiger partial charge in [0, 0.05) is 10.9 Å².